The number of Topliss-reactive ketones (excluding diaryl/α,β-unsaturated/α-hetero) is 1. The van der Waals surface area contributed by atoms with E-state index in [1.54, 1.807) is 39.0 Å². The van der Waals surface area contributed by atoms with Gasteiger partial charge >= 0.3 is 11.9 Å². The number of carbonyl (C=O) groups excluding carboxylic acids is 3. The van der Waals surface area contributed by atoms with E-state index in [4.69, 9.17) is 9.47 Å². The molecule has 0 bridgehead atoms. The van der Waals surface area contributed by atoms with Crippen LogP contribution in [-0.2, 0) is 9.47 Å². The van der Waals surface area contributed by atoms with Crippen LogP contribution in [0.3, 0.4) is 0 Å². The summed E-state index contributed by atoms with van der Waals surface area (Å²) in [5.74, 6) is -1.58. The van der Waals surface area contributed by atoms with Crippen LogP contribution in [0.15, 0.2) is 18.2 Å². The number of rotatable bonds is 6. The zero-order valence-electron chi connectivity index (χ0n) is 17.6. The fraction of sp³-hybridized carbons (Fsp3) is 0.318. The number of H-pyrrole nitrogens is 1. The molecule has 3 aromatic rings. The van der Waals surface area contributed by atoms with E-state index in [9.17, 15) is 14.4 Å². The van der Waals surface area contributed by atoms with Crippen molar-refractivity contribution in [2.45, 2.75) is 34.6 Å². The highest BCUT2D eigenvalue weighted by molar-refractivity contribution is 6.03. The molecule has 0 aliphatic carbocycles. The molecule has 30 heavy (non-hydrogen) atoms. The lowest BCUT2D eigenvalue weighted by atomic mass is 10.1. The largest absolute Gasteiger partial charge is 0.462 e. The molecule has 2 aromatic heterocycles. The minimum Gasteiger partial charge on any atom is -0.462 e. The van der Waals surface area contributed by atoms with Crippen LogP contribution < -0.4 is 0 Å². The quantitative estimate of drug-likeness (QED) is 0.490. The van der Waals surface area contributed by atoms with Crippen LogP contribution in [0.4, 0.5) is 0 Å². The second-order valence-corrected chi connectivity index (χ2v) is 6.94. The first-order valence-electron chi connectivity index (χ1n) is 9.54. The summed E-state index contributed by atoms with van der Waals surface area (Å²) in [6, 6.07) is 4.86. The molecule has 0 unspecified atom stereocenters. The third-order valence-corrected chi connectivity index (χ3v) is 4.84. The number of ketones is 1. The summed E-state index contributed by atoms with van der Waals surface area (Å²) in [7, 11) is 0. The Morgan fingerprint density at radius 3 is 2.27 bits per heavy atom. The van der Waals surface area contributed by atoms with Crippen LogP contribution >= 0.6 is 0 Å². The normalized spacial score (nSPS) is 10.8. The molecule has 0 atom stereocenters. The molecule has 2 heterocycles. The third kappa shape index (κ3) is 4.07. The maximum atomic E-state index is 12.6. The van der Waals surface area contributed by atoms with Crippen molar-refractivity contribution < 1.29 is 23.9 Å². The van der Waals surface area contributed by atoms with E-state index < -0.39 is 24.3 Å². The van der Waals surface area contributed by atoms with E-state index in [-0.39, 0.29) is 17.9 Å². The standard InChI is InChI=1S/C22H23N3O5/c1-6-29-22(28)19-11(2)20(25-14(19)5)18(26)10-30-21(27)15-7-8-16-17(9-15)24-13(4)12(3)23-16/h7-9,25H,6,10H2,1-5H3. The Morgan fingerprint density at radius 2 is 1.60 bits per heavy atom. The number of benzene rings is 1. The highest BCUT2D eigenvalue weighted by Crippen LogP contribution is 2.20. The molecule has 0 aliphatic heterocycles. The molecule has 0 fully saturated rings. The maximum absolute atomic E-state index is 12.6. The van der Waals surface area contributed by atoms with Gasteiger partial charge in [0.1, 0.15) is 0 Å². The van der Waals surface area contributed by atoms with Gasteiger partial charge in [-0.2, -0.15) is 0 Å². The van der Waals surface area contributed by atoms with Crippen molar-refractivity contribution in [3.8, 4) is 0 Å². The molecule has 8 heteroatoms. The Kier molecular flexibility index (Phi) is 5.96. The van der Waals surface area contributed by atoms with E-state index in [0.29, 0.717) is 27.9 Å². The molecule has 3 rings (SSSR count). The molecule has 1 aromatic carbocycles. The number of esters is 2. The van der Waals surface area contributed by atoms with E-state index in [2.05, 4.69) is 15.0 Å². The van der Waals surface area contributed by atoms with Crippen molar-refractivity contribution in [3.63, 3.8) is 0 Å². The van der Waals surface area contributed by atoms with Crippen molar-refractivity contribution in [1.82, 2.24) is 15.0 Å². The number of ether oxygens (including phenoxy) is 2. The van der Waals surface area contributed by atoms with Crippen LogP contribution in [0.1, 0.15) is 60.8 Å². The SMILES string of the molecule is CCOC(=O)c1c(C)[nH]c(C(=O)COC(=O)c2ccc3nc(C)c(C)nc3c2)c1C. The van der Waals surface area contributed by atoms with Gasteiger partial charge in [0.15, 0.2) is 6.61 Å². The average Bonchev–Trinajstić information content (AvgIpc) is 3.00. The number of aromatic amines is 1. The number of aryl methyl sites for hydroxylation is 3. The van der Waals surface area contributed by atoms with Crippen molar-refractivity contribution in [2.24, 2.45) is 0 Å². The van der Waals surface area contributed by atoms with Gasteiger partial charge in [-0.1, -0.05) is 0 Å². The summed E-state index contributed by atoms with van der Waals surface area (Å²) in [5, 5.41) is 0. The fourth-order valence-corrected chi connectivity index (χ4v) is 3.18. The molecule has 0 spiro atoms. The van der Waals surface area contributed by atoms with Gasteiger partial charge in [0.2, 0.25) is 5.78 Å². The topological polar surface area (TPSA) is 111 Å². The molecule has 156 valence electrons. The summed E-state index contributed by atoms with van der Waals surface area (Å²) >= 11 is 0. The van der Waals surface area contributed by atoms with Gasteiger partial charge in [-0.25, -0.2) is 19.6 Å². The number of hydrogen-bond donors (Lipinski definition) is 1. The van der Waals surface area contributed by atoms with Gasteiger partial charge in [-0.05, 0) is 58.4 Å². The van der Waals surface area contributed by atoms with Gasteiger partial charge in [-0.3, -0.25) is 4.79 Å². The number of hydrogen-bond acceptors (Lipinski definition) is 7. The highest BCUT2D eigenvalue weighted by Gasteiger charge is 2.23. The Balaban J connectivity index is 1.74. The number of carbonyl (C=O) groups is 3. The number of aromatic nitrogens is 3. The zero-order valence-corrected chi connectivity index (χ0v) is 17.6. The van der Waals surface area contributed by atoms with Crippen LogP contribution in [0.25, 0.3) is 11.0 Å². The number of nitrogens with zero attached hydrogens (tertiary/aromatic N) is 2. The van der Waals surface area contributed by atoms with E-state index in [1.165, 1.54) is 0 Å². The predicted molar refractivity (Wildman–Crippen MR) is 110 cm³/mol. The fourth-order valence-electron chi connectivity index (χ4n) is 3.18. The maximum Gasteiger partial charge on any atom is 0.340 e. The minimum atomic E-state index is -0.642. The molecule has 0 aliphatic rings. The molecule has 0 saturated carbocycles. The lowest BCUT2D eigenvalue weighted by Crippen LogP contribution is -2.16. The zero-order chi connectivity index (χ0) is 22.0. The molecule has 0 radical (unpaired) electrons. The van der Waals surface area contributed by atoms with Gasteiger partial charge < -0.3 is 14.5 Å². The highest BCUT2D eigenvalue weighted by atomic mass is 16.5. The van der Waals surface area contributed by atoms with Gasteiger partial charge in [-0.15, -0.1) is 0 Å². The lowest BCUT2D eigenvalue weighted by Gasteiger charge is -2.07. The Hall–Kier alpha value is -3.55. The first kappa shape index (κ1) is 21.2. The van der Waals surface area contributed by atoms with Gasteiger partial charge in [0, 0.05) is 5.69 Å². The summed E-state index contributed by atoms with van der Waals surface area (Å²) in [4.78, 5) is 48.8. The second-order valence-electron chi connectivity index (χ2n) is 6.94. The predicted octanol–water partition coefficient (Wildman–Crippen LogP) is 3.41. The van der Waals surface area contributed by atoms with Crippen LogP contribution in [0, 0.1) is 27.7 Å². The second kappa shape index (κ2) is 8.44. The Labute approximate surface area is 173 Å². The number of nitrogens with one attached hydrogen (secondary N) is 1. The first-order chi connectivity index (χ1) is 14.2. The monoisotopic (exact) mass is 409 g/mol. The summed E-state index contributed by atoms with van der Waals surface area (Å²) < 4.78 is 10.2. The van der Waals surface area contributed by atoms with E-state index in [0.717, 1.165) is 11.4 Å². The summed E-state index contributed by atoms with van der Waals surface area (Å²) in [6.45, 7) is 8.53. The summed E-state index contributed by atoms with van der Waals surface area (Å²) in [6.07, 6.45) is 0. The van der Waals surface area contributed by atoms with Crippen LogP contribution in [0.2, 0.25) is 0 Å². The molecular weight excluding hydrogens is 386 g/mol. The van der Waals surface area contributed by atoms with E-state index >= 15 is 0 Å². The molecule has 0 saturated heterocycles. The number of fused-ring (bicyclic) bond motifs is 1. The average molecular weight is 409 g/mol. The van der Waals surface area contributed by atoms with Crippen LogP contribution in [-0.4, -0.2) is 45.9 Å². The third-order valence-electron chi connectivity index (χ3n) is 4.84. The van der Waals surface area contributed by atoms with Crippen molar-refractivity contribution in [1.29, 1.82) is 0 Å². The molecule has 0 amide bonds. The Bertz CT molecular complexity index is 1160. The molecule has 1 N–H and O–H groups in total. The summed E-state index contributed by atoms with van der Waals surface area (Å²) in [5.41, 5.74) is 4.67. The van der Waals surface area contributed by atoms with Crippen molar-refractivity contribution in [2.75, 3.05) is 13.2 Å². The van der Waals surface area contributed by atoms with Crippen LogP contribution in [0.5, 0.6) is 0 Å². The minimum absolute atomic E-state index is 0.221. The van der Waals surface area contributed by atoms with Gasteiger partial charge in [0.25, 0.3) is 0 Å². The molecular formula is C22H23N3O5. The Morgan fingerprint density at radius 1 is 0.933 bits per heavy atom. The van der Waals surface area contributed by atoms with E-state index in [1.807, 2.05) is 13.8 Å². The van der Waals surface area contributed by atoms with Crippen molar-refractivity contribution >= 4 is 28.8 Å². The smallest absolute Gasteiger partial charge is 0.340 e. The molecule has 8 nitrogen and oxygen atoms in total. The lowest BCUT2D eigenvalue weighted by molar-refractivity contribution is 0.0472. The van der Waals surface area contributed by atoms with Gasteiger partial charge in [0.05, 0.1) is 45.8 Å². The van der Waals surface area contributed by atoms with Crippen molar-refractivity contribution in [3.05, 3.63) is 57.7 Å². The first-order valence-corrected chi connectivity index (χ1v) is 9.54.